The Balaban J connectivity index is 2.49. The zero-order valence-corrected chi connectivity index (χ0v) is 12.2. The van der Waals surface area contributed by atoms with Crippen LogP contribution in [0.3, 0.4) is 0 Å². The first kappa shape index (κ1) is 16.1. The Bertz CT molecular complexity index is 506. The van der Waals surface area contributed by atoms with E-state index in [9.17, 15) is 14.0 Å². The van der Waals surface area contributed by atoms with Gasteiger partial charge in [0, 0.05) is 17.7 Å². The van der Waals surface area contributed by atoms with Crippen molar-refractivity contribution in [3.8, 4) is 0 Å². The molecule has 1 aromatic rings. The molecule has 4 nitrogen and oxygen atoms in total. The van der Waals surface area contributed by atoms with Crippen LogP contribution in [0.1, 0.15) is 39.2 Å². The molecular formula is C15H20FNO3. The van der Waals surface area contributed by atoms with Crippen molar-refractivity contribution in [3.05, 3.63) is 29.6 Å². The molecule has 1 aromatic carbocycles. The molecule has 0 aliphatic rings. The topological polar surface area (TPSA) is 55.4 Å². The number of amides is 1. The predicted octanol–water partition coefficient (Wildman–Crippen LogP) is 3.19. The second kappa shape index (κ2) is 6.50. The summed E-state index contributed by atoms with van der Waals surface area (Å²) in [6, 6.07) is 4.46. The molecular weight excluding hydrogens is 261 g/mol. The maximum atomic E-state index is 13.3. The van der Waals surface area contributed by atoms with Crippen molar-refractivity contribution in [2.45, 2.75) is 46.1 Å². The first-order chi connectivity index (χ1) is 9.19. The van der Waals surface area contributed by atoms with Gasteiger partial charge in [0.25, 0.3) is 0 Å². The molecule has 0 radical (unpaired) electrons. The first-order valence-corrected chi connectivity index (χ1v) is 6.46. The van der Waals surface area contributed by atoms with Gasteiger partial charge in [-0.05, 0) is 39.8 Å². The van der Waals surface area contributed by atoms with Gasteiger partial charge in [-0.25, -0.2) is 4.39 Å². The summed E-state index contributed by atoms with van der Waals surface area (Å²) in [5.41, 5.74) is 0.226. The van der Waals surface area contributed by atoms with Crippen LogP contribution in [0.5, 0.6) is 0 Å². The van der Waals surface area contributed by atoms with Gasteiger partial charge >= 0.3 is 5.97 Å². The van der Waals surface area contributed by atoms with E-state index in [4.69, 9.17) is 4.74 Å². The average molecular weight is 281 g/mol. The Morgan fingerprint density at radius 3 is 2.50 bits per heavy atom. The third-order valence-corrected chi connectivity index (χ3v) is 2.52. The van der Waals surface area contributed by atoms with Crippen LogP contribution < -0.4 is 5.32 Å². The Morgan fingerprint density at radius 1 is 1.25 bits per heavy atom. The number of ether oxygens (including phenoxy) is 1. The van der Waals surface area contributed by atoms with Crippen LogP contribution in [0.2, 0.25) is 0 Å². The predicted molar refractivity (Wildman–Crippen MR) is 74.8 cm³/mol. The summed E-state index contributed by atoms with van der Waals surface area (Å²) >= 11 is 0. The Labute approximate surface area is 118 Å². The zero-order valence-electron chi connectivity index (χ0n) is 12.2. The van der Waals surface area contributed by atoms with Crippen molar-refractivity contribution in [2.75, 3.05) is 5.32 Å². The lowest BCUT2D eigenvalue weighted by atomic mass is 10.1. The second-order valence-electron chi connectivity index (χ2n) is 5.55. The molecule has 1 N–H and O–H groups in total. The van der Waals surface area contributed by atoms with E-state index in [2.05, 4.69) is 5.32 Å². The van der Waals surface area contributed by atoms with E-state index in [1.165, 1.54) is 12.1 Å². The van der Waals surface area contributed by atoms with Gasteiger partial charge in [0.1, 0.15) is 11.4 Å². The molecule has 1 amide bonds. The normalized spacial score (nSPS) is 11.1. The van der Waals surface area contributed by atoms with Crippen molar-refractivity contribution in [1.82, 2.24) is 0 Å². The molecule has 0 unspecified atom stereocenters. The SMILES string of the molecule is Cc1c(F)cccc1NC(=O)CCC(=O)OC(C)(C)C. The van der Waals surface area contributed by atoms with Crippen molar-refractivity contribution >= 4 is 17.6 Å². The number of halogens is 1. The quantitative estimate of drug-likeness (QED) is 0.862. The summed E-state index contributed by atoms with van der Waals surface area (Å²) in [5, 5.41) is 2.58. The third kappa shape index (κ3) is 5.38. The minimum absolute atomic E-state index is 0.00251. The maximum absolute atomic E-state index is 13.3. The number of nitrogens with one attached hydrogen (secondary N) is 1. The average Bonchev–Trinajstić information content (AvgIpc) is 2.30. The van der Waals surface area contributed by atoms with Crippen molar-refractivity contribution in [1.29, 1.82) is 0 Å². The van der Waals surface area contributed by atoms with Gasteiger partial charge in [0.05, 0.1) is 6.42 Å². The van der Waals surface area contributed by atoms with Gasteiger partial charge in [-0.1, -0.05) is 6.07 Å². The Hall–Kier alpha value is -1.91. The highest BCUT2D eigenvalue weighted by Crippen LogP contribution is 2.18. The Kier molecular flexibility index (Phi) is 5.25. The second-order valence-corrected chi connectivity index (χ2v) is 5.55. The number of hydrogen-bond donors (Lipinski definition) is 1. The molecule has 0 bridgehead atoms. The molecule has 0 saturated carbocycles. The van der Waals surface area contributed by atoms with Crippen molar-refractivity contribution in [2.24, 2.45) is 0 Å². The van der Waals surface area contributed by atoms with Crippen molar-refractivity contribution in [3.63, 3.8) is 0 Å². The molecule has 0 heterocycles. The number of rotatable bonds is 4. The highest BCUT2D eigenvalue weighted by Gasteiger charge is 2.17. The van der Waals surface area contributed by atoms with Crippen LogP contribution in [-0.2, 0) is 14.3 Å². The van der Waals surface area contributed by atoms with Gasteiger partial charge in [0.2, 0.25) is 5.91 Å². The van der Waals surface area contributed by atoms with Crippen molar-refractivity contribution < 1.29 is 18.7 Å². The monoisotopic (exact) mass is 281 g/mol. The number of carbonyl (C=O) groups excluding carboxylic acids is 2. The Morgan fingerprint density at radius 2 is 1.90 bits per heavy atom. The van der Waals surface area contributed by atoms with E-state index in [0.717, 1.165) is 0 Å². The minimum Gasteiger partial charge on any atom is -0.460 e. The van der Waals surface area contributed by atoms with Crippen LogP contribution in [0.25, 0.3) is 0 Å². The molecule has 110 valence electrons. The van der Waals surface area contributed by atoms with E-state index in [-0.39, 0.29) is 24.6 Å². The standard InChI is InChI=1S/C15H20FNO3/c1-10-11(16)6-5-7-12(10)17-13(18)8-9-14(19)20-15(2,3)4/h5-7H,8-9H2,1-4H3,(H,17,18). The number of carbonyl (C=O) groups is 2. The van der Waals surface area contributed by atoms with Crippen LogP contribution in [0.15, 0.2) is 18.2 Å². The van der Waals surface area contributed by atoms with Crippen LogP contribution in [-0.4, -0.2) is 17.5 Å². The van der Waals surface area contributed by atoms with Gasteiger partial charge in [-0.3, -0.25) is 9.59 Å². The molecule has 0 aliphatic heterocycles. The van der Waals surface area contributed by atoms with E-state index < -0.39 is 11.6 Å². The third-order valence-electron chi connectivity index (χ3n) is 2.52. The minimum atomic E-state index is -0.563. The molecule has 1 rings (SSSR count). The number of hydrogen-bond acceptors (Lipinski definition) is 3. The summed E-state index contributed by atoms with van der Waals surface area (Å²) in [6.07, 6.45) is 0.00231. The highest BCUT2D eigenvalue weighted by atomic mass is 19.1. The molecule has 0 atom stereocenters. The fourth-order valence-electron chi connectivity index (χ4n) is 1.56. The summed E-state index contributed by atoms with van der Waals surface area (Å²) in [5.74, 6) is -1.15. The lowest BCUT2D eigenvalue weighted by Crippen LogP contribution is -2.24. The molecule has 5 heteroatoms. The molecule has 0 spiro atoms. The van der Waals surface area contributed by atoms with E-state index >= 15 is 0 Å². The van der Waals surface area contributed by atoms with E-state index in [0.29, 0.717) is 11.3 Å². The van der Waals surface area contributed by atoms with Gasteiger partial charge in [-0.15, -0.1) is 0 Å². The first-order valence-electron chi connectivity index (χ1n) is 6.46. The molecule has 20 heavy (non-hydrogen) atoms. The van der Waals surface area contributed by atoms with Gasteiger partial charge in [0.15, 0.2) is 0 Å². The fourth-order valence-corrected chi connectivity index (χ4v) is 1.56. The fraction of sp³-hybridized carbons (Fsp3) is 0.467. The molecule has 0 aromatic heterocycles. The molecule has 0 fully saturated rings. The van der Waals surface area contributed by atoms with Gasteiger partial charge < -0.3 is 10.1 Å². The van der Waals surface area contributed by atoms with Crippen LogP contribution >= 0.6 is 0 Å². The summed E-state index contributed by atoms with van der Waals surface area (Å²) < 4.78 is 18.4. The number of anilines is 1. The number of esters is 1. The van der Waals surface area contributed by atoms with E-state index in [1.807, 2.05) is 0 Å². The lowest BCUT2D eigenvalue weighted by molar-refractivity contribution is -0.155. The lowest BCUT2D eigenvalue weighted by Gasteiger charge is -2.19. The molecule has 0 saturated heterocycles. The van der Waals surface area contributed by atoms with Crippen LogP contribution in [0, 0.1) is 12.7 Å². The largest absolute Gasteiger partial charge is 0.460 e. The smallest absolute Gasteiger partial charge is 0.306 e. The maximum Gasteiger partial charge on any atom is 0.306 e. The van der Waals surface area contributed by atoms with Gasteiger partial charge in [-0.2, -0.15) is 0 Å². The molecule has 0 aliphatic carbocycles. The summed E-state index contributed by atoms with van der Waals surface area (Å²) in [4.78, 5) is 23.2. The number of benzene rings is 1. The van der Waals surface area contributed by atoms with Crippen LogP contribution in [0.4, 0.5) is 10.1 Å². The summed E-state index contributed by atoms with van der Waals surface area (Å²) in [6.45, 7) is 6.88. The highest BCUT2D eigenvalue weighted by molar-refractivity contribution is 5.93. The zero-order chi connectivity index (χ0) is 15.3. The summed E-state index contributed by atoms with van der Waals surface area (Å²) in [7, 11) is 0. The van der Waals surface area contributed by atoms with E-state index in [1.54, 1.807) is 33.8 Å².